The topological polar surface area (TPSA) is 47.6 Å². The van der Waals surface area contributed by atoms with Gasteiger partial charge in [-0.25, -0.2) is 0 Å². The van der Waals surface area contributed by atoms with Crippen molar-refractivity contribution in [2.45, 2.75) is 53.2 Å². The Morgan fingerprint density at radius 2 is 1.34 bits per heavy atom. The summed E-state index contributed by atoms with van der Waals surface area (Å²) in [6, 6.07) is 17.9. The Morgan fingerprint density at radius 1 is 0.828 bits per heavy atom. The minimum absolute atomic E-state index is 0.412. The Hall–Kier alpha value is -1.61. The van der Waals surface area contributed by atoms with Gasteiger partial charge in [0.1, 0.15) is 0 Å². The summed E-state index contributed by atoms with van der Waals surface area (Å²) in [5, 5.41) is 3.43. The second-order valence-electron chi connectivity index (χ2n) is 8.39. The van der Waals surface area contributed by atoms with Crippen molar-refractivity contribution in [2.24, 2.45) is 11.8 Å². The van der Waals surface area contributed by atoms with Crippen molar-refractivity contribution in [3.8, 4) is 0 Å². The van der Waals surface area contributed by atoms with E-state index in [1.54, 1.807) is 0 Å². The van der Waals surface area contributed by atoms with Crippen molar-refractivity contribution in [3.05, 3.63) is 65.7 Å². The Kier molecular flexibility index (Phi) is 9.42. The van der Waals surface area contributed by atoms with Crippen LogP contribution in [0.5, 0.6) is 0 Å². The smallest absolute Gasteiger partial charge is 0.357 e. The third kappa shape index (κ3) is 7.97. The zero-order valence-electron chi connectivity index (χ0n) is 18.4. The van der Waals surface area contributed by atoms with E-state index in [9.17, 15) is 4.57 Å². The van der Waals surface area contributed by atoms with E-state index in [4.69, 9.17) is 9.05 Å². The second-order valence-corrected chi connectivity index (χ2v) is 10.5. The fourth-order valence-corrected chi connectivity index (χ4v) is 4.74. The van der Waals surface area contributed by atoms with Crippen LogP contribution in [-0.2, 0) is 13.6 Å². The number of nitrogens with one attached hydrogen (secondary N) is 1. The van der Waals surface area contributed by atoms with E-state index in [1.165, 1.54) is 5.56 Å². The van der Waals surface area contributed by atoms with Crippen molar-refractivity contribution >= 4 is 13.3 Å². The molecule has 0 heterocycles. The minimum Gasteiger partial charge on any atom is -0.368 e. The molecule has 1 unspecified atom stereocenters. The first-order chi connectivity index (χ1) is 13.8. The van der Waals surface area contributed by atoms with E-state index < -0.39 is 13.4 Å². The molecule has 29 heavy (non-hydrogen) atoms. The summed E-state index contributed by atoms with van der Waals surface area (Å²) < 4.78 is 26.1. The molecule has 1 N–H and O–H groups in total. The van der Waals surface area contributed by atoms with Crippen molar-refractivity contribution in [3.63, 3.8) is 0 Å². The highest BCUT2D eigenvalue weighted by molar-refractivity contribution is 7.54. The van der Waals surface area contributed by atoms with E-state index >= 15 is 0 Å². The van der Waals surface area contributed by atoms with Gasteiger partial charge in [-0.05, 0) is 49.3 Å². The summed E-state index contributed by atoms with van der Waals surface area (Å²) in [7, 11) is -3.45. The van der Waals surface area contributed by atoms with Gasteiger partial charge in [0.25, 0.3) is 0 Å². The number of hydrogen-bond acceptors (Lipinski definition) is 4. The molecule has 0 saturated heterocycles. The zero-order chi connectivity index (χ0) is 21.3. The first-order valence-corrected chi connectivity index (χ1v) is 12.2. The van der Waals surface area contributed by atoms with Gasteiger partial charge in [-0.2, -0.15) is 0 Å². The van der Waals surface area contributed by atoms with Crippen molar-refractivity contribution in [1.29, 1.82) is 0 Å². The molecular formula is C24H36NO3P. The molecule has 1 atom stereocenters. The average molecular weight is 418 g/mol. The van der Waals surface area contributed by atoms with Crippen LogP contribution in [0.4, 0.5) is 5.69 Å². The molecule has 0 bridgehead atoms. The predicted octanol–water partition coefficient (Wildman–Crippen LogP) is 7.42. The Bertz CT molecular complexity index is 741. The Labute approximate surface area is 176 Å². The molecule has 0 spiro atoms. The fourth-order valence-electron chi connectivity index (χ4n) is 2.81. The fraction of sp³-hybridized carbons (Fsp3) is 0.500. The van der Waals surface area contributed by atoms with Gasteiger partial charge in [0.2, 0.25) is 0 Å². The maximum absolute atomic E-state index is 14.0. The summed E-state index contributed by atoms with van der Waals surface area (Å²) in [6.45, 7) is 11.4. The maximum Gasteiger partial charge on any atom is 0.357 e. The lowest BCUT2D eigenvalue weighted by Crippen LogP contribution is -2.16. The van der Waals surface area contributed by atoms with Crippen LogP contribution in [0, 0.1) is 18.8 Å². The zero-order valence-corrected chi connectivity index (χ0v) is 19.3. The van der Waals surface area contributed by atoms with Crippen LogP contribution in [0.25, 0.3) is 0 Å². The van der Waals surface area contributed by atoms with Gasteiger partial charge in [0.05, 0.1) is 13.2 Å². The molecular weight excluding hydrogens is 381 g/mol. The number of aryl methyl sites for hydroxylation is 1. The minimum atomic E-state index is -3.45. The largest absolute Gasteiger partial charge is 0.368 e. The van der Waals surface area contributed by atoms with Crippen LogP contribution in [0.2, 0.25) is 0 Å². The predicted molar refractivity (Wildman–Crippen MR) is 122 cm³/mol. The van der Waals surface area contributed by atoms with E-state index in [0.29, 0.717) is 25.0 Å². The molecule has 4 nitrogen and oxygen atoms in total. The summed E-state index contributed by atoms with van der Waals surface area (Å²) in [5.74, 6) is 0.379. The average Bonchev–Trinajstić information content (AvgIpc) is 2.67. The molecule has 2 aromatic rings. The van der Waals surface area contributed by atoms with Crippen LogP contribution >= 0.6 is 7.60 Å². The molecule has 0 fully saturated rings. The number of benzene rings is 2. The van der Waals surface area contributed by atoms with Crippen LogP contribution in [-0.4, -0.2) is 13.2 Å². The summed E-state index contributed by atoms with van der Waals surface area (Å²) >= 11 is 0. The van der Waals surface area contributed by atoms with Crippen LogP contribution < -0.4 is 5.32 Å². The normalized spacial score (nSPS) is 13.1. The van der Waals surface area contributed by atoms with Gasteiger partial charge in [-0.1, -0.05) is 75.7 Å². The number of rotatable bonds is 12. The molecule has 160 valence electrons. The second kappa shape index (κ2) is 11.5. The molecule has 2 rings (SSSR count). The van der Waals surface area contributed by atoms with Gasteiger partial charge in [-0.15, -0.1) is 0 Å². The molecule has 0 aliphatic carbocycles. The molecule has 5 heteroatoms. The summed E-state index contributed by atoms with van der Waals surface area (Å²) in [6.07, 6.45) is 1.67. The third-order valence-corrected chi connectivity index (χ3v) is 6.86. The SMILES string of the molecule is Cc1ccc(NC(c2ccccc2)P(=O)(OCCC(C)C)OCCC(C)C)cc1. The van der Waals surface area contributed by atoms with Crippen molar-refractivity contribution in [1.82, 2.24) is 0 Å². The van der Waals surface area contributed by atoms with E-state index in [-0.39, 0.29) is 0 Å². The first kappa shape index (κ1) is 23.7. The third-order valence-electron chi connectivity index (χ3n) is 4.72. The summed E-state index contributed by atoms with van der Waals surface area (Å²) in [4.78, 5) is 0. The van der Waals surface area contributed by atoms with Gasteiger partial charge in [0.15, 0.2) is 5.78 Å². The lowest BCUT2D eigenvalue weighted by molar-refractivity contribution is 0.184. The molecule has 0 aromatic heterocycles. The monoisotopic (exact) mass is 417 g/mol. The summed E-state index contributed by atoms with van der Waals surface area (Å²) in [5.41, 5.74) is 2.96. The highest BCUT2D eigenvalue weighted by Crippen LogP contribution is 2.61. The van der Waals surface area contributed by atoms with Crippen LogP contribution in [0.3, 0.4) is 0 Å². The lowest BCUT2D eigenvalue weighted by Gasteiger charge is -2.29. The quantitative estimate of drug-likeness (QED) is 0.365. The van der Waals surface area contributed by atoms with Gasteiger partial charge in [-0.3, -0.25) is 4.57 Å². The number of hydrogen-bond donors (Lipinski definition) is 1. The maximum atomic E-state index is 14.0. The van der Waals surface area contributed by atoms with Gasteiger partial charge >= 0.3 is 7.60 Å². The molecule has 2 aromatic carbocycles. The Balaban J connectivity index is 2.32. The van der Waals surface area contributed by atoms with Crippen molar-refractivity contribution in [2.75, 3.05) is 18.5 Å². The number of anilines is 1. The lowest BCUT2D eigenvalue weighted by atomic mass is 10.2. The molecule has 0 amide bonds. The van der Waals surface area contributed by atoms with E-state index in [1.807, 2.05) is 61.5 Å². The highest BCUT2D eigenvalue weighted by atomic mass is 31.2. The highest BCUT2D eigenvalue weighted by Gasteiger charge is 2.37. The van der Waals surface area contributed by atoms with E-state index in [2.05, 4.69) is 33.0 Å². The van der Waals surface area contributed by atoms with Gasteiger partial charge in [0, 0.05) is 5.69 Å². The van der Waals surface area contributed by atoms with Gasteiger partial charge < -0.3 is 14.4 Å². The van der Waals surface area contributed by atoms with Crippen molar-refractivity contribution < 1.29 is 13.6 Å². The standard InChI is InChI=1S/C24H36NO3P/c1-19(2)15-17-27-29(26,28-18-16-20(3)4)24(22-9-7-6-8-10-22)25-23-13-11-21(5)12-14-23/h6-14,19-20,24-25H,15-18H2,1-5H3. The molecule has 0 aliphatic heterocycles. The van der Waals surface area contributed by atoms with Crippen LogP contribution in [0.15, 0.2) is 54.6 Å². The van der Waals surface area contributed by atoms with Crippen LogP contribution in [0.1, 0.15) is 57.4 Å². The molecule has 0 saturated carbocycles. The van der Waals surface area contributed by atoms with E-state index in [0.717, 1.165) is 24.1 Å². The molecule has 0 aliphatic rings. The first-order valence-electron chi connectivity index (χ1n) is 10.6. The molecule has 0 radical (unpaired) electrons. The Morgan fingerprint density at radius 3 is 1.83 bits per heavy atom.